The van der Waals surface area contributed by atoms with E-state index in [2.05, 4.69) is 15.5 Å². The molecule has 0 aliphatic heterocycles. The van der Waals surface area contributed by atoms with Crippen LogP contribution in [0.15, 0.2) is 4.52 Å². The molecule has 0 saturated heterocycles. The molecule has 1 aliphatic rings. The maximum atomic E-state index is 11.8. The Balaban J connectivity index is 1.78. The molecule has 1 heterocycles. The molecule has 0 bridgehead atoms. The number of aromatic nitrogens is 2. The fourth-order valence-electron chi connectivity index (χ4n) is 2.53. The predicted molar refractivity (Wildman–Crippen MR) is 72.0 cm³/mol. The Morgan fingerprint density at radius 1 is 1.50 bits per heavy atom. The lowest BCUT2D eigenvalue weighted by molar-refractivity contribution is -0.124. The summed E-state index contributed by atoms with van der Waals surface area (Å²) in [6.07, 6.45) is 3.67. The van der Waals surface area contributed by atoms with E-state index in [0.29, 0.717) is 17.6 Å². The van der Waals surface area contributed by atoms with Crippen LogP contribution in [0.5, 0.6) is 0 Å². The number of hydrogen-bond acceptors (Lipinski definition) is 6. The molecule has 112 valence electrons. The molecule has 0 radical (unpaired) electrons. The van der Waals surface area contributed by atoms with Gasteiger partial charge in [-0.15, -0.1) is 0 Å². The van der Waals surface area contributed by atoms with Crippen LogP contribution in [0.25, 0.3) is 0 Å². The first-order valence-corrected chi connectivity index (χ1v) is 6.95. The predicted octanol–water partition coefficient (Wildman–Crippen LogP) is 0.494. The minimum Gasteiger partial charge on any atom is -0.383 e. The lowest BCUT2D eigenvalue weighted by atomic mass is 9.86. The van der Waals surface area contributed by atoms with Crippen LogP contribution in [0.2, 0.25) is 0 Å². The summed E-state index contributed by atoms with van der Waals surface area (Å²) in [6, 6.07) is -0.429. The first kappa shape index (κ1) is 14.9. The van der Waals surface area contributed by atoms with Crippen LogP contribution >= 0.6 is 0 Å². The highest BCUT2D eigenvalue weighted by atomic mass is 16.5. The van der Waals surface area contributed by atoms with Gasteiger partial charge in [-0.2, -0.15) is 4.98 Å². The molecule has 0 aromatic carbocycles. The highest BCUT2D eigenvalue weighted by molar-refractivity contribution is 5.81. The Morgan fingerprint density at radius 2 is 2.20 bits per heavy atom. The van der Waals surface area contributed by atoms with Crippen molar-refractivity contribution in [1.82, 2.24) is 15.5 Å². The first-order chi connectivity index (χ1) is 9.60. The normalized spacial score (nSPS) is 24.4. The Labute approximate surface area is 118 Å². The third-order valence-electron chi connectivity index (χ3n) is 3.65. The van der Waals surface area contributed by atoms with Gasteiger partial charge in [0.1, 0.15) is 6.04 Å². The highest BCUT2D eigenvalue weighted by Crippen LogP contribution is 2.31. The quantitative estimate of drug-likeness (QED) is 0.815. The topological polar surface area (TPSA) is 103 Å². The monoisotopic (exact) mass is 282 g/mol. The van der Waals surface area contributed by atoms with E-state index in [1.807, 2.05) is 6.92 Å². The van der Waals surface area contributed by atoms with Crippen molar-refractivity contribution in [2.45, 2.75) is 50.6 Å². The maximum absolute atomic E-state index is 11.8. The van der Waals surface area contributed by atoms with Crippen molar-refractivity contribution in [1.29, 1.82) is 0 Å². The second kappa shape index (κ2) is 6.81. The van der Waals surface area contributed by atoms with E-state index in [-0.39, 0.29) is 18.6 Å². The Bertz CT molecular complexity index is 441. The standard InChI is InChI=1S/C13H22N4O3/c1-8-15-13(20-17-8)9-3-5-10(6-4-9)16-12(18)11(14)7-19-2/h9-11H,3-7,14H2,1-2H3,(H,16,18). The summed E-state index contributed by atoms with van der Waals surface area (Å²) < 4.78 is 10.1. The second-order valence-electron chi connectivity index (χ2n) is 5.30. The maximum Gasteiger partial charge on any atom is 0.239 e. The Morgan fingerprint density at radius 3 is 2.75 bits per heavy atom. The van der Waals surface area contributed by atoms with Crippen LogP contribution in [0, 0.1) is 6.92 Å². The molecule has 2 rings (SSSR count). The van der Waals surface area contributed by atoms with Gasteiger partial charge in [0.15, 0.2) is 5.82 Å². The van der Waals surface area contributed by atoms with Gasteiger partial charge in [-0.3, -0.25) is 4.79 Å². The molecular formula is C13H22N4O3. The SMILES string of the molecule is COCC(N)C(=O)NC1CCC(c2nc(C)no2)CC1. The van der Waals surface area contributed by atoms with Gasteiger partial charge in [0.25, 0.3) is 0 Å². The van der Waals surface area contributed by atoms with Gasteiger partial charge in [0, 0.05) is 19.1 Å². The number of hydrogen-bond donors (Lipinski definition) is 2. The summed E-state index contributed by atoms with van der Waals surface area (Å²) in [4.78, 5) is 16.1. The summed E-state index contributed by atoms with van der Waals surface area (Å²) in [6.45, 7) is 2.05. The molecular weight excluding hydrogens is 260 g/mol. The molecule has 20 heavy (non-hydrogen) atoms. The number of nitrogens with zero attached hydrogens (tertiary/aromatic N) is 2. The zero-order valence-electron chi connectivity index (χ0n) is 12.0. The smallest absolute Gasteiger partial charge is 0.239 e. The first-order valence-electron chi connectivity index (χ1n) is 6.95. The highest BCUT2D eigenvalue weighted by Gasteiger charge is 2.27. The van der Waals surface area contributed by atoms with E-state index in [1.165, 1.54) is 7.11 Å². The van der Waals surface area contributed by atoms with Gasteiger partial charge in [-0.05, 0) is 32.6 Å². The molecule has 1 atom stereocenters. The van der Waals surface area contributed by atoms with Crippen molar-refractivity contribution in [3.05, 3.63) is 11.7 Å². The third kappa shape index (κ3) is 3.77. The van der Waals surface area contributed by atoms with Crippen LogP contribution in [-0.4, -0.2) is 41.8 Å². The number of nitrogens with two attached hydrogens (primary N) is 1. The van der Waals surface area contributed by atoms with Crippen molar-refractivity contribution < 1.29 is 14.1 Å². The molecule has 3 N–H and O–H groups in total. The Hall–Kier alpha value is -1.47. The van der Waals surface area contributed by atoms with Gasteiger partial charge in [0.05, 0.1) is 6.61 Å². The van der Waals surface area contributed by atoms with Gasteiger partial charge in [-0.1, -0.05) is 5.16 Å². The van der Waals surface area contributed by atoms with Crippen molar-refractivity contribution in [3.63, 3.8) is 0 Å². The Kier molecular flexibility index (Phi) is 5.08. The lowest BCUT2D eigenvalue weighted by Crippen LogP contribution is -2.48. The zero-order valence-corrected chi connectivity index (χ0v) is 12.0. The van der Waals surface area contributed by atoms with E-state index in [1.54, 1.807) is 0 Å². The molecule has 0 spiro atoms. The van der Waals surface area contributed by atoms with Gasteiger partial charge in [0.2, 0.25) is 11.8 Å². The number of carbonyl (C=O) groups excluding carboxylic acids is 1. The molecule has 7 heteroatoms. The number of nitrogens with one attached hydrogen (secondary N) is 1. The largest absolute Gasteiger partial charge is 0.383 e. The molecule has 1 fully saturated rings. The van der Waals surface area contributed by atoms with Crippen molar-refractivity contribution >= 4 is 5.91 Å². The molecule has 1 unspecified atom stereocenters. The van der Waals surface area contributed by atoms with Crippen molar-refractivity contribution in [2.24, 2.45) is 5.73 Å². The third-order valence-corrected chi connectivity index (χ3v) is 3.65. The average molecular weight is 282 g/mol. The minimum absolute atomic E-state index is 0.149. The molecule has 1 aromatic heterocycles. The summed E-state index contributed by atoms with van der Waals surface area (Å²) >= 11 is 0. The van der Waals surface area contributed by atoms with Gasteiger partial charge >= 0.3 is 0 Å². The van der Waals surface area contributed by atoms with Crippen molar-refractivity contribution in [2.75, 3.05) is 13.7 Å². The minimum atomic E-state index is -0.601. The number of ether oxygens (including phenoxy) is 1. The van der Waals surface area contributed by atoms with Gasteiger partial charge < -0.3 is 20.3 Å². The average Bonchev–Trinajstić information content (AvgIpc) is 2.86. The van der Waals surface area contributed by atoms with Crippen LogP contribution in [0.3, 0.4) is 0 Å². The van der Waals surface area contributed by atoms with Gasteiger partial charge in [-0.25, -0.2) is 0 Å². The second-order valence-corrected chi connectivity index (χ2v) is 5.30. The van der Waals surface area contributed by atoms with E-state index in [0.717, 1.165) is 25.7 Å². The van der Waals surface area contributed by atoms with Crippen LogP contribution in [-0.2, 0) is 9.53 Å². The molecule has 1 aromatic rings. The van der Waals surface area contributed by atoms with E-state index < -0.39 is 6.04 Å². The fourth-order valence-corrected chi connectivity index (χ4v) is 2.53. The number of rotatable bonds is 5. The van der Waals surface area contributed by atoms with Crippen LogP contribution in [0.1, 0.15) is 43.3 Å². The summed E-state index contributed by atoms with van der Waals surface area (Å²) in [7, 11) is 1.53. The van der Waals surface area contributed by atoms with Crippen LogP contribution < -0.4 is 11.1 Å². The summed E-state index contributed by atoms with van der Waals surface area (Å²) in [5.41, 5.74) is 5.70. The molecule has 7 nitrogen and oxygen atoms in total. The summed E-state index contributed by atoms with van der Waals surface area (Å²) in [5.74, 6) is 1.53. The van der Waals surface area contributed by atoms with Crippen molar-refractivity contribution in [3.8, 4) is 0 Å². The van der Waals surface area contributed by atoms with Crippen LogP contribution in [0.4, 0.5) is 0 Å². The lowest BCUT2D eigenvalue weighted by Gasteiger charge is -2.28. The molecule has 1 saturated carbocycles. The molecule has 1 amide bonds. The number of amides is 1. The number of methoxy groups -OCH3 is 1. The van der Waals surface area contributed by atoms with E-state index in [9.17, 15) is 4.79 Å². The summed E-state index contributed by atoms with van der Waals surface area (Å²) in [5, 5.41) is 6.79. The fraction of sp³-hybridized carbons (Fsp3) is 0.769. The van der Waals surface area contributed by atoms with E-state index >= 15 is 0 Å². The number of carbonyl (C=O) groups is 1. The molecule has 1 aliphatic carbocycles. The zero-order chi connectivity index (χ0) is 14.5. The number of aryl methyl sites for hydroxylation is 1. The van der Waals surface area contributed by atoms with E-state index in [4.69, 9.17) is 15.0 Å².